The van der Waals surface area contributed by atoms with E-state index in [0.29, 0.717) is 5.69 Å². The fourth-order valence-electron chi connectivity index (χ4n) is 4.68. The lowest BCUT2D eigenvalue weighted by Gasteiger charge is -2.29. The second-order valence-corrected chi connectivity index (χ2v) is 8.06. The van der Waals surface area contributed by atoms with Crippen LogP contribution in [0.15, 0.2) is 101 Å². The van der Waals surface area contributed by atoms with Crippen LogP contribution in [0.1, 0.15) is 11.1 Å². The van der Waals surface area contributed by atoms with Crippen molar-refractivity contribution in [2.45, 2.75) is 31.1 Å². The molecule has 2 aliphatic heterocycles. The zero-order chi connectivity index (χ0) is 21.7. The minimum absolute atomic E-state index is 0.236. The molecular weight excluding hydrogens is 406 g/mol. The second-order valence-electron chi connectivity index (χ2n) is 8.06. The van der Waals surface area contributed by atoms with Gasteiger partial charge in [0, 0.05) is 11.1 Å². The van der Waals surface area contributed by atoms with E-state index < -0.39 is 5.79 Å². The van der Waals surface area contributed by atoms with Gasteiger partial charge in [-0.3, -0.25) is 0 Å². The molecule has 6 rings (SSSR count). The molecule has 160 valence electrons. The van der Waals surface area contributed by atoms with Crippen molar-refractivity contribution in [3.05, 3.63) is 123 Å². The maximum atomic E-state index is 13.1. The van der Waals surface area contributed by atoms with Gasteiger partial charge in [-0.25, -0.2) is 23.5 Å². The fraction of sp³-hybridized carbons (Fsp3) is 0.200. The Morgan fingerprint density at radius 3 is 1.47 bits per heavy atom. The molecule has 1 aromatic heterocycles. The molecule has 0 spiro atoms. The number of ether oxygens (including phenoxy) is 2. The molecule has 3 aromatic carbocycles. The summed E-state index contributed by atoms with van der Waals surface area (Å²) >= 11 is 0. The van der Waals surface area contributed by atoms with Crippen LogP contribution in [0.2, 0.25) is 0 Å². The molecule has 0 N–H and O–H groups in total. The van der Waals surface area contributed by atoms with Crippen molar-refractivity contribution in [3.8, 4) is 5.69 Å². The van der Waals surface area contributed by atoms with Gasteiger partial charge in [0.05, 0.1) is 18.8 Å². The first-order valence-corrected chi connectivity index (χ1v) is 10.6. The number of benzene rings is 3. The molecule has 2 aliphatic rings. The third-order valence-corrected chi connectivity index (χ3v) is 6.19. The number of hydrogen-bond donors (Lipinski definition) is 0. The lowest BCUT2D eigenvalue weighted by atomic mass is 9.97. The highest BCUT2D eigenvalue weighted by atomic mass is 16.8. The van der Waals surface area contributed by atoms with Crippen molar-refractivity contribution >= 4 is 0 Å². The summed E-state index contributed by atoms with van der Waals surface area (Å²) in [5.41, 5.74) is 1.55. The van der Waals surface area contributed by atoms with Gasteiger partial charge in [-0.2, -0.15) is 0 Å². The van der Waals surface area contributed by atoms with Crippen LogP contribution < -0.4 is 11.4 Å². The van der Waals surface area contributed by atoms with Crippen LogP contribution in [-0.2, 0) is 28.4 Å². The number of rotatable bonds is 3. The Hall–Kier alpha value is -3.68. The summed E-state index contributed by atoms with van der Waals surface area (Å²) in [6.07, 6.45) is -0.752. The van der Waals surface area contributed by atoms with Gasteiger partial charge in [-0.05, 0) is 12.1 Å². The molecule has 0 saturated carbocycles. The molecule has 0 bridgehead atoms. The number of fused-ring (bicyclic) bond motifs is 2. The maximum absolute atomic E-state index is 13.1. The van der Waals surface area contributed by atoms with Crippen LogP contribution in [0.5, 0.6) is 0 Å². The first-order chi connectivity index (χ1) is 15.7. The highest BCUT2D eigenvalue weighted by molar-refractivity contribution is 5.35. The Kier molecular flexibility index (Phi) is 4.28. The second kappa shape index (κ2) is 7.19. The van der Waals surface area contributed by atoms with Gasteiger partial charge in [0.1, 0.15) is 12.2 Å². The van der Waals surface area contributed by atoms with Gasteiger partial charge in [0.15, 0.2) is 0 Å². The van der Waals surface area contributed by atoms with Gasteiger partial charge in [0.25, 0.3) is 0 Å². The van der Waals surface area contributed by atoms with E-state index in [1.54, 1.807) is 24.3 Å². The molecule has 7 nitrogen and oxygen atoms in total. The summed E-state index contributed by atoms with van der Waals surface area (Å²) in [5.74, 6) is -1.09. The SMILES string of the molecule is O=c1n(-c2ccccc2)c(=O)n2n1C[C@@H]1OC(c3ccccc3)(c3ccccc3)O[C@@H]1C2. The number of nitrogens with zero attached hydrogens (tertiary/aromatic N) is 3. The molecular formula is C25H21N3O4. The Bertz CT molecular complexity index is 1290. The molecule has 4 aromatic rings. The van der Waals surface area contributed by atoms with Crippen LogP contribution in [0.25, 0.3) is 5.69 Å². The third kappa shape index (κ3) is 2.75. The highest BCUT2D eigenvalue weighted by Crippen LogP contribution is 2.44. The average Bonchev–Trinajstić information content (AvgIpc) is 3.35. The minimum Gasteiger partial charge on any atom is -0.334 e. The first-order valence-electron chi connectivity index (χ1n) is 10.6. The van der Waals surface area contributed by atoms with Crippen molar-refractivity contribution < 1.29 is 9.47 Å². The molecule has 0 unspecified atom stereocenters. The molecule has 1 saturated heterocycles. The van der Waals surface area contributed by atoms with E-state index in [1.807, 2.05) is 66.7 Å². The molecule has 0 aliphatic carbocycles. The topological polar surface area (TPSA) is 67.4 Å². The predicted octanol–water partition coefficient (Wildman–Crippen LogP) is 2.50. The van der Waals surface area contributed by atoms with Crippen molar-refractivity contribution in [2.75, 3.05) is 0 Å². The zero-order valence-corrected chi connectivity index (χ0v) is 17.2. The number of hydrogen-bond acceptors (Lipinski definition) is 4. The Labute approximate surface area is 183 Å². The van der Waals surface area contributed by atoms with Crippen molar-refractivity contribution in [1.29, 1.82) is 0 Å². The number of aromatic nitrogens is 3. The predicted molar refractivity (Wildman–Crippen MR) is 118 cm³/mol. The fourth-order valence-corrected chi connectivity index (χ4v) is 4.68. The maximum Gasteiger partial charge on any atom is 0.351 e. The van der Waals surface area contributed by atoms with Crippen LogP contribution in [-0.4, -0.2) is 26.1 Å². The first kappa shape index (κ1) is 19.0. The Morgan fingerprint density at radius 2 is 1.03 bits per heavy atom. The smallest absolute Gasteiger partial charge is 0.334 e. The molecule has 2 atom stereocenters. The van der Waals surface area contributed by atoms with Crippen molar-refractivity contribution in [3.63, 3.8) is 0 Å². The summed E-state index contributed by atoms with van der Waals surface area (Å²) in [7, 11) is 0. The van der Waals surface area contributed by atoms with Crippen molar-refractivity contribution in [1.82, 2.24) is 13.9 Å². The van der Waals surface area contributed by atoms with E-state index in [-0.39, 0.29) is 36.7 Å². The Morgan fingerprint density at radius 1 is 0.625 bits per heavy atom. The largest absolute Gasteiger partial charge is 0.351 e. The number of para-hydroxylation sites is 1. The van der Waals surface area contributed by atoms with Gasteiger partial charge in [0.2, 0.25) is 5.79 Å². The van der Waals surface area contributed by atoms with Gasteiger partial charge < -0.3 is 9.47 Å². The molecule has 0 radical (unpaired) electrons. The van der Waals surface area contributed by atoms with E-state index in [4.69, 9.17) is 9.47 Å². The van der Waals surface area contributed by atoms with Gasteiger partial charge in [-0.1, -0.05) is 78.9 Å². The third-order valence-electron chi connectivity index (χ3n) is 6.19. The lowest BCUT2D eigenvalue weighted by Crippen LogP contribution is -2.45. The molecule has 0 amide bonds. The highest BCUT2D eigenvalue weighted by Gasteiger charge is 2.52. The van der Waals surface area contributed by atoms with E-state index in [9.17, 15) is 9.59 Å². The summed E-state index contributed by atoms with van der Waals surface area (Å²) in [4.78, 5) is 26.3. The quantitative estimate of drug-likeness (QED) is 0.504. The molecule has 1 fully saturated rings. The zero-order valence-electron chi connectivity index (χ0n) is 17.2. The molecule has 7 heteroatoms. The summed E-state index contributed by atoms with van der Waals surface area (Å²) in [6, 6.07) is 28.5. The standard InChI is InChI=1S/C25H21N3O4/c29-23-26-16-21-22(17-27(26)24(30)28(23)20-14-8-3-9-15-20)32-25(31-21,18-10-4-1-5-11-18)19-12-6-2-7-13-19/h1-15,21-22H,16-17H2/t21-,22+. The van der Waals surface area contributed by atoms with Gasteiger partial charge in [-0.15, -0.1) is 0 Å². The van der Waals surface area contributed by atoms with Crippen LogP contribution in [0, 0.1) is 0 Å². The Balaban J connectivity index is 1.42. The van der Waals surface area contributed by atoms with E-state index in [0.717, 1.165) is 11.1 Å². The van der Waals surface area contributed by atoms with E-state index >= 15 is 0 Å². The monoisotopic (exact) mass is 427 g/mol. The molecule has 32 heavy (non-hydrogen) atoms. The van der Waals surface area contributed by atoms with Crippen molar-refractivity contribution in [2.24, 2.45) is 0 Å². The van der Waals surface area contributed by atoms with Gasteiger partial charge >= 0.3 is 11.4 Å². The van der Waals surface area contributed by atoms with E-state index in [2.05, 4.69) is 0 Å². The van der Waals surface area contributed by atoms with Crippen LogP contribution in [0.4, 0.5) is 0 Å². The lowest BCUT2D eigenvalue weighted by molar-refractivity contribution is -0.150. The minimum atomic E-state index is -1.09. The normalized spacial score (nSPS) is 21.1. The summed E-state index contributed by atoms with van der Waals surface area (Å²) in [5, 5.41) is 0. The summed E-state index contributed by atoms with van der Waals surface area (Å²) in [6.45, 7) is 0.472. The summed E-state index contributed by atoms with van der Waals surface area (Å²) < 4.78 is 17.3. The van der Waals surface area contributed by atoms with Crippen LogP contribution >= 0.6 is 0 Å². The average molecular weight is 427 g/mol. The van der Waals surface area contributed by atoms with E-state index in [1.165, 1.54) is 13.9 Å². The van der Waals surface area contributed by atoms with Crippen LogP contribution in [0.3, 0.4) is 0 Å². The molecule has 3 heterocycles.